The molecule has 0 saturated heterocycles. The van der Waals surface area contributed by atoms with Crippen LogP contribution in [0.2, 0.25) is 0 Å². The summed E-state index contributed by atoms with van der Waals surface area (Å²) < 4.78 is 0. The van der Waals surface area contributed by atoms with E-state index in [0.717, 1.165) is 44.9 Å². The fourth-order valence-corrected chi connectivity index (χ4v) is 4.50. The van der Waals surface area contributed by atoms with Crippen molar-refractivity contribution in [1.82, 2.24) is 0 Å². The molecule has 156 valence electrons. The maximum absolute atomic E-state index is 10.5. The minimum atomic E-state index is -0.744. The number of carboxylic acids is 1. The van der Waals surface area contributed by atoms with Crippen LogP contribution >= 0.6 is 0 Å². The number of carbonyl (C=O) groups is 1. The van der Waals surface area contributed by atoms with Gasteiger partial charge in [0.15, 0.2) is 0 Å². The monoisotopic (exact) mass is 388 g/mol. The molecular formula is C24H36O4. The lowest BCUT2D eigenvalue weighted by atomic mass is 9.83. The molecule has 1 aromatic carbocycles. The largest absolute Gasteiger partial charge is 0.481 e. The van der Waals surface area contributed by atoms with Crippen molar-refractivity contribution in [3.05, 3.63) is 48.0 Å². The van der Waals surface area contributed by atoms with E-state index in [1.54, 1.807) is 0 Å². The van der Waals surface area contributed by atoms with Crippen LogP contribution in [0.5, 0.6) is 0 Å². The number of aliphatic hydroxyl groups excluding tert-OH is 2. The molecule has 1 aliphatic rings. The number of hydrogen-bond acceptors (Lipinski definition) is 3. The molecule has 1 aromatic rings. The van der Waals surface area contributed by atoms with E-state index in [0.29, 0.717) is 18.3 Å². The highest BCUT2D eigenvalue weighted by Crippen LogP contribution is 2.42. The van der Waals surface area contributed by atoms with Gasteiger partial charge < -0.3 is 15.3 Å². The highest BCUT2D eigenvalue weighted by atomic mass is 16.4. The summed E-state index contributed by atoms with van der Waals surface area (Å²) in [7, 11) is 0. The Balaban J connectivity index is 1.74. The molecule has 0 amide bonds. The number of aliphatic hydroxyl groups is 2. The lowest BCUT2D eigenvalue weighted by molar-refractivity contribution is -0.137. The van der Waals surface area contributed by atoms with Crippen LogP contribution in [0.4, 0.5) is 0 Å². The van der Waals surface area contributed by atoms with Gasteiger partial charge in [0.1, 0.15) is 0 Å². The molecule has 1 fully saturated rings. The predicted molar refractivity (Wildman–Crippen MR) is 112 cm³/mol. The minimum Gasteiger partial charge on any atom is -0.481 e. The van der Waals surface area contributed by atoms with E-state index in [2.05, 4.69) is 31.2 Å². The standard InChI is InChI=1S/C24H36O4/c1-18-17-23(26)22(21(18)11-7-2-3-8-12-24(27)28)16-15-20(25)14-13-19-9-5-4-6-10-19/h2,4-7,9-10,18,20-23,25-26H,3,8,11-17H2,1H3,(H,27,28)/b7-2-/t18-,20-,21-,22+,23+/m0/s1. The van der Waals surface area contributed by atoms with Crippen molar-refractivity contribution in [3.8, 4) is 0 Å². The van der Waals surface area contributed by atoms with Gasteiger partial charge >= 0.3 is 5.97 Å². The second kappa shape index (κ2) is 12.0. The smallest absolute Gasteiger partial charge is 0.303 e. The Kier molecular flexibility index (Phi) is 9.72. The second-order valence-electron chi connectivity index (χ2n) is 8.36. The molecule has 0 aliphatic heterocycles. The van der Waals surface area contributed by atoms with E-state index >= 15 is 0 Å². The summed E-state index contributed by atoms with van der Waals surface area (Å²) in [5.74, 6) is 0.411. The van der Waals surface area contributed by atoms with E-state index in [1.807, 2.05) is 18.2 Å². The van der Waals surface area contributed by atoms with Crippen molar-refractivity contribution < 1.29 is 20.1 Å². The predicted octanol–water partition coefficient (Wildman–Crippen LogP) is 4.59. The molecule has 0 heterocycles. The first kappa shape index (κ1) is 22.6. The summed E-state index contributed by atoms with van der Waals surface area (Å²) >= 11 is 0. The Morgan fingerprint density at radius 2 is 1.93 bits per heavy atom. The highest BCUT2D eigenvalue weighted by Gasteiger charge is 2.39. The molecule has 4 heteroatoms. The minimum absolute atomic E-state index is 0.215. The van der Waals surface area contributed by atoms with Gasteiger partial charge in [-0.2, -0.15) is 0 Å². The first-order valence-electron chi connectivity index (χ1n) is 10.7. The third kappa shape index (κ3) is 7.76. The summed E-state index contributed by atoms with van der Waals surface area (Å²) in [6, 6.07) is 10.2. The van der Waals surface area contributed by atoms with Crippen molar-refractivity contribution in [1.29, 1.82) is 0 Å². The van der Waals surface area contributed by atoms with Crippen LogP contribution in [0, 0.1) is 17.8 Å². The Labute approximate surface area is 169 Å². The molecule has 0 unspecified atom stereocenters. The fraction of sp³-hybridized carbons (Fsp3) is 0.625. The molecule has 3 N–H and O–H groups in total. The van der Waals surface area contributed by atoms with Gasteiger partial charge in [0.25, 0.3) is 0 Å². The lowest BCUT2D eigenvalue weighted by Crippen LogP contribution is -2.22. The molecule has 5 atom stereocenters. The van der Waals surface area contributed by atoms with Crippen molar-refractivity contribution in [2.75, 3.05) is 0 Å². The van der Waals surface area contributed by atoms with Gasteiger partial charge in [0.05, 0.1) is 12.2 Å². The summed E-state index contributed by atoms with van der Waals surface area (Å²) in [5.41, 5.74) is 1.25. The van der Waals surface area contributed by atoms with Crippen molar-refractivity contribution >= 4 is 5.97 Å². The number of aliphatic carboxylic acids is 1. The van der Waals surface area contributed by atoms with Crippen molar-refractivity contribution in [2.24, 2.45) is 17.8 Å². The van der Waals surface area contributed by atoms with Crippen molar-refractivity contribution in [3.63, 3.8) is 0 Å². The highest BCUT2D eigenvalue weighted by molar-refractivity contribution is 5.66. The number of aryl methyl sites for hydroxylation is 1. The van der Waals surface area contributed by atoms with Gasteiger partial charge in [0, 0.05) is 6.42 Å². The molecule has 0 bridgehead atoms. The number of unbranched alkanes of at least 4 members (excludes halogenated alkanes) is 1. The summed E-state index contributed by atoms with van der Waals surface area (Å²) in [4.78, 5) is 10.5. The maximum Gasteiger partial charge on any atom is 0.303 e. The SMILES string of the molecule is C[C@H]1C[C@@H](O)[C@H](CC[C@@H](O)CCc2ccccc2)[C@H]1C/C=C\CCCC(=O)O. The van der Waals surface area contributed by atoms with E-state index in [9.17, 15) is 15.0 Å². The van der Waals surface area contributed by atoms with Crippen LogP contribution in [0.1, 0.15) is 63.9 Å². The molecule has 0 radical (unpaired) electrons. The topological polar surface area (TPSA) is 77.8 Å². The molecule has 4 nitrogen and oxygen atoms in total. The summed E-state index contributed by atoms with van der Waals surface area (Å²) in [6.07, 6.45) is 10.3. The van der Waals surface area contributed by atoms with Gasteiger partial charge in [-0.25, -0.2) is 0 Å². The first-order chi connectivity index (χ1) is 13.5. The van der Waals surface area contributed by atoms with Gasteiger partial charge in [-0.1, -0.05) is 49.4 Å². The zero-order chi connectivity index (χ0) is 20.4. The van der Waals surface area contributed by atoms with Crippen LogP contribution in [-0.4, -0.2) is 33.5 Å². The second-order valence-corrected chi connectivity index (χ2v) is 8.36. The van der Waals surface area contributed by atoms with E-state index in [-0.39, 0.29) is 24.5 Å². The number of rotatable bonds is 12. The lowest BCUT2D eigenvalue weighted by Gasteiger charge is -2.24. The molecule has 0 aromatic heterocycles. The number of hydrogen-bond donors (Lipinski definition) is 3. The third-order valence-electron chi connectivity index (χ3n) is 6.17. The average Bonchev–Trinajstić information content (AvgIpc) is 2.94. The first-order valence-corrected chi connectivity index (χ1v) is 10.7. The Bertz CT molecular complexity index is 598. The van der Waals surface area contributed by atoms with E-state index in [4.69, 9.17) is 5.11 Å². The van der Waals surface area contributed by atoms with Gasteiger partial charge in [0.2, 0.25) is 0 Å². The van der Waals surface area contributed by atoms with Crippen LogP contribution in [-0.2, 0) is 11.2 Å². The zero-order valence-corrected chi connectivity index (χ0v) is 17.0. The van der Waals surface area contributed by atoms with Gasteiger partial charge in [-0.15, -0.1) is 0 Å². The molecule has 0 spiro atoms. The quantitative estimate of drug-likeness (QED) is 0.361. The fourth-order valence-electron chi connectivity index (χ4n) is 4.50. The van der Waals surface area contributed by atoms with Crippen LogP contribution in [0.15, 0.2) is 42.5 Å². The third-order valence-corrected chi connectivity index (χ3v) is 6.17. The van der Waals surface area contributed by atoms with Crippen LogP contribution in [0.25, 0.3) is 0 Å². The Morgan fingerprint density at radius 3 is 2.64 bits per heavy atom. The molecule has 2 rings (SSSR count). The van der Waals surface area contributed by atoms with E-state index in [1.165, 1.54) is 5.56 Å². The Morgan fingerprint density at radius 1 is 1.18 bits per heavy atom. The Hall–Kier alpha value is -1.65. The normalized spacial score (nSPS) is 26.0. The zero-order valence-electron chi connectivity index (χ0n) is 17.0. The average molecular weight is 389 g/mol. The number of benzene rings is 1. The number of allylic oxidation sites excluding steroid dienone is 2. The van der Waals surface area contributed by atoms with Gasteiger partial charge in [-0.3, -0.25) is 4.79 Å². The van der Waals surface area contributed by atoms with Crippen molar-refractivity contribution in [2.45, 2.75) is 76.9 Å². The summed E-state index contributed by atoms with van der Waals surface area (Å²) in [5, 5.41) is 29.5. The molecule has 1 aliphatic carbocycles. The molecule has 28 heavy (non-hydrogen) atoms. The van der Waals surface area contributed by atoms with Crippen LogP contribution < -0.4 is 0 Å². The van der Waals surface area contributed by atoms with Crippen LogP contribution in [0.3, 0.4) is 0 Å². The summed E-state index contributed by atoms with van der Waals surface area (Å²) in [6.45, 7) is 2.21. The maximum atomic E-state index is 10.5. The number of carboxylic acid groups (broad SMARTS) is 1. The van der Waals surface area contributed by atoms with E-state index < -0.39 is 5.97 Å². The van der Waals surface area contributed by atoms with Gasteiger partial charge in [-0.05, 0) is 74.7 Å². The molecular weight excluding hydrogens is 352 g/mol. The molecule has 1 saturated carbocycles.